The first-order valence-corrected chi connectivity index (χ1v) is 10.2. The molecule has 0 radical (unpaired) electrons. The van der Waals surface area contributed by atoms with Gasteiger partial charge < -0.3 is 14.6 Å². The monoisotopic (exact) mass is 417 g/mol. The molecule has 0 saturated heterocycles. The molecule has 150 valence electrons. The molecule has 5 nitrogen and oxygen atoms in total. The van der Waals surface area contributed by atoms with Gasteiger partial charge in [-0.05, 0) is 66.6 Å². The lowest BCUT2D eigenvalue weighted by Gasteiger charge is -2.20. The first kappa shape index (κ1) is 18.7. The van der Waals surface area contributed by atoms with E-state index in [1.807, 2.05) is 24.0 Å². The standard InChI is InChI=1S/C24H20ClN3O2/c1-15-26-21-8-4-18(13-22(21)27-15)17-5-9-23-19(12-17)14-28(10-11-30-23)24(29)16-2-6-20(25)7-3-16/h2-9,12-13H,10-11,14H2,1H3,(H,26,27). The lowest BCUT2D eigenvalue weighted by Crippen LogP contribution is -2.32. The van der Waals surface area contributed by atoms with Crippen molar-refractivity contribution >= 4 is 28.5 Å². The minimum Gasteiger partial charge on any atom is -0.491 e. The summed E-state index contributed by atoms with van der Waals surface area (Å²) in [6, 6.07) is 19.3. The average Bonchev–Trinajstić information content (AvgIpc) is 2.99. The van der Waals surface area contributed by atoms with Crippen molar-refractivity contribution in [2.75, 3.05) is 13.2 Å². The van der Waals surface area contributed by atoms with E-state index in [2.05, 4.69) is 34.2 Å². The molecule has 0 fully saturated rings. The van der Waals surface area contributed by atoms with Gasteiger partial charge >= 0.3 is 0 Å². The molecule has 0 spiro atoms. The lowest BCUT2D eigenvalue weighted by atomic mass is 10.0. The highest BCUT2D eigenvalue weighted by Gasteiger charge is 2.21. The summed E-state index contributed by atoms with van der Waals surface area (Å²) in [5, 5.41) is 0.616. The highest BCUT2D eigenvalue weighted by atomic mass is 35.5. The maximum Gasteiger partial charge on any atom is 0.254 e. The summed E-state index contributed by atoms with van der Waals surface area (Å²) in [5.41, 5.74) is 5.75. The molecule has 3 aromatic carbocycles. The molecule has 1 aromatic heterocycles. The molecule has 5 rings (SSSR count). The Hall–Kier alpha value is -3.31. The van der Waals surface area contributed by atoms with Crippen molar-refractivity contribution in [3.63, 3.8) is 0 Å². The number of nitrogens with one attached hydrogen (secondary N) is 1. The Morgan fingerprint density at radius 1 is 1.07 bits per heavy atom. The molecule has 4 aromatic rings. The Kier molecular flexibility index (Phi) is 4.68. The largest absolute Gasteiger partial charge is 0.491 e. The zero-order chi connectivity index (χ0) is 20.7. The van der Waals surface area contributed by atoms with Crippen LogP contribution >= 0.6 is 11.6 Å². The summed E-state index contributed by atoms with van der Waals surface area (Å²) in [7, 11) is 0. The molecule has 2 heterocycles. The quantitative estimate of drug-likeness (QED) is 0.486. The summed E-state index contributed by atoms with van der Waals surface area (Å²) < 4.78 is 5.92. The second-order valence-electron chi connectivity index (χ2n) is 7.46. The Bertz CT molecular complexity index is 1250. The van der Waals surface area contributed by atoms with E-state index in [0.717, 1.165) is 39.3 Å². The number of carbonyl (C=O) groups is 1. The fraction of sp³-hybridized carbons (Fsp3) is 0.167. The second-order valence-corrected chi connectivity index (χ2v) is 7.90. The SMILES string of the molecule is Cc1nc2ccc(-c3ccc4c(c3)CN(C(=O)c3ccc(Cl)cc3)CCO4)cc2[nH]1. The number of amides is 1. The van der Waals surface area contributed by atoms with E-state index in [1.54, 1.807) is 24.3 Å². The zero-order valence-corrected chi connectivity index (χ0v) is 17.2. The third-order valence-corrected chi connectivity index (χ3v) is 5.60. The van der Waals surface area contributed by atoms with Crippen LogP contribution in [0.4, 0.5) is 0 Å². The lowest BCUT2D eigenvalue weighted by molar-refractivity contribution is 0.0733. The molecule has 1 aliphatic rings. The molecule has 1 amide bonds. The number of carbonyl (C=O) groups excluding carboxylic acids is 1. The summed E-state index contributed by atoms with van der Waals surface area (Å²) in [6.07, 6.45) is 0. The number of ether oxygens (including phenoxy) is 1. The fourth-order valence-electron chi connectivity index (χ4n) is 3.84. The molecule has 0 unspecified atom stereocenters. The number of aryl methyl sites for hydroxylation is 1. The maximum absolute atomic E-state index is 13.0. The van der Waals surface area contributed by atoms with Crippen LogP contribution in [0.1, 0.15) is 21.7 Å². The Balaban J connectivity index is 1.46. The Morgan fingerprint density at radius 2 is 1.83 bits per heavy atom. The number of benzene rings is 3. The summed E-state index contributed by atoms with van der Waals surface area (Å²) in [4.78, 5) is 22.6. The van der Waals surface area contributed by atoms with Gasteiger partial charge in [0.05, 0.1) is 17.6 Å². The minimum absolute atomic E-state index is 0.0251. The first-order valence-electron chi connectivity index (χ1n) is 9.84. The topological polar surface area (TPSA) is 58.2 Å². The van der Waals surface area contributed by atoms with Gasteiger partial charge in [-0.1, -0.05) is 23.7 Å². The van der Waals surface area contributed by atoms with Crippen molar-refractivity contribution in [3.8, 4) is 16.9 Å². The van der Waals surface area contributed by atoms with Crippen LogP contribution in [0.25, 0.3) is 22.2 Å². The highest BCUT2D eigenvalue weighted by Crippen LogP contribution is 2.31. The van der Waals surface area contributed by atoms with E-state index in [9.17, 15) is 4.79 Å². The smallest absolute Gasteiger partial charge is 0.254 e. The van der Waals surface area contributed by atoms with E-state index in [-0.39, 0.29) is 5.91 Å². The van der Waals surface area contributed by atoms with Crippen molar-refractivity contribution < 1.29 is 9.53 Å². The number of hydrogen-bond acceptors (Lipinski definition) is 3. The zero-order valence-electron chi connectivity index (χ0n) is 16.5. The molecule has 0 atom stereocenters. The van der Waals surface area contributed by atoms with Gasteiger partial charge in [-0.25, -0.2) is 4.98 Å². The highest BCUT2D eigenvalue weighted by molar-refractivity contribution is 6.30. The van der Waals surface area contributed by atoms with Crippen LogP contribution in [0.2, 0.25) is 5.02 Å². The average molecular weight is 418 g/mol. The van der Waals surface area contributed by atoms with Crippen LogP contribution in [-0.2, 0) is 6.54 Å². The molecule has 0 saturated carbocycles. The second kappa shape index (κ2) is 7.50. The van der Waals surface area contributed by atoms with E-state index >= 15 is 0 Å². The van der Waals surface area contributed by atoms with E-state index in [0.29, 0.717) is 30.3 Å². The van der Waals surface area contributed by atoms with Gasteiger partial charge in [-0.15, -0.1) is 0 Å². The number of fused-ring (bicyclic) bond motifs is 2. The van der Waals surface area contributed by atoms with Crippen LogP contribution in [-0.4, -0.2) is 33.9 Å². The van der Waals surface area contributed by atoms with E-state index < -0.39 is 0 Å². The van der Waals surface area contributed by atoms with Gasteiger partial charge in [0, 0.05) is 22.7 Å². The van der Waals surface area contributed by atoms with Crippen molar-refractivity contribution in [2.45, 2.75) is 13.5 Å². The van der Waals surface area contributed by atoms with Gasteiger partial charge in [0.1, 0.15) is 18.2 Å². The van der Waals surface area contributed by atoms with Gasteiger partial charge in [0.15, 0.2) is 0 Å². The number of hydrogen-bond donors (Lipinski definition) is 1. The molecular weight excluding hydrogens is 398 g/mol. The molecule has 6 heteroatoms. The van der Waals surface area contributed by atoms with Gasteiger partial charge in [-0.3, -0.25) is 4.79 Å². The maximum atomic E-state index is 13.0. The Morgan fingerprint density at radius 3 is 2.67 bits per heavy atom. The molecule has 30 heavy (non-hydrogen) atoms. The van der Waals surface area contributed by atoms with E-state index in [1.165, 1.54) is 0 Å². The number of aromatic nitrogens is 2. The molecule has 0 aliphatic carbocycles. The molecular formula is C24H20ClN3O2. The van der Waals surface area contributed by atoms with Crippen LogP contribution in [0.5, 0.6) is 5.75 Å². The van der Waals surface area contributed by atoms with Crippen LogP contribution in [0, 0.1) is 6.92 Å². The third-order valence-electron chi connectivity index (χ3n) is 5.35. The molecule has 1 N–H and O–H groups in total. The predicted octanol–water partition coefficient (Wildman–Crippen LogP) is 5.23. The van der Waals surface area contributed by atoms with Crippen molar-refractivity contribution in [3.05, 3.63) is 82.6 Å². The van der Waals surface area contributed by atoms with Gasteiger partial charge in [-0.2, -0.15) is 0 Å². The van der Waals surface area contributed by atoms with Crippen LogP contribution < -0.4 is 4.74 Å². The predicted molar refractivity (Wildman–Crippen MR) is 118 cm³/mol. The van der Waals surface area contributed by atoms with Gasteiger partial charge in [0.25, 0.3) is 5.91 Å². The van der Waals surface area contributed by atoms with Crippen LogP contribution in [0.15, 0.2) is 60.7 Å². The van der Waals surface area contributed by atoms with Crippen LogP contribution in [0.3, 0.4) is 0 Å². The normalized spacial score (nSPS) is 13.6. The summed E-state index contributed by atoms with van der Waals surface area (Å²) >= 11 is 5.96. The number of halogens is 1. The number of H-pyrrole nitrogens is 1. The van der Waals surface area contributed by atoms with Crippen molar-refractivity contribution in [1.29, 1.82) is 0 Å². The third kappa shape index (κ3) is 3.53. The van der Waals surface area contributed by atoms with E-state index in [4.69, 9.17) is 16.3 Å². The summed E-state index contributed by atoms with van der Waals surface area (Å²) in [6.45, 7) is 3.44. The van der Waals surface area contributed by atoms with Crippen molar-refractivity contribution in [1.82, 2.24) is 14.9 Å². The molecule has 0 bridgehead atoms. The number of imidazole rings is 1. The summed E-state index contributed by atoms with van der Waals surface area (Å²) in [5.74, 6) is 1.69. The number of nitrogens with zero attached hydrogens (tertiary/aromatic N) is 2. The minimum atomic E-state index is -0.0251. The fourth-order valence-corrected chi connectivity index (χ4v) is 3.96. The van der Waals surface area contributed by atoms with Gasteiger partial charge in [0.2, 0.25) is 0 Å². The number of aromatic amines is 1. The first-order chi connectivity index (χ1) is 14.6. The Labute approximate surface area is 179 Å². The molecule has 1 aliphatic heterocycles. The number of rotatable bonds is 2. The van der Waals surface area contributed by atoms with Crippen molar-refractivity contribution in [2.24, 2.45) is 0 Å².